The number of nitrogens with zero attached hydrogens (tertiary/aromatic N) is 5. The van der Waals surface area contributed by atoms with Gasteiger partial charge in [0.15, 0.2) is 11.4 Å². The summed E-state index contributed by atoms with van der Waals surface area (Å²) in [4.78, 5) is 21.9. The number of rotatable bonds is 14. The molecule has 2 fully saturated rings. The van der Waals surface area contributed by atoms with Gasteiger partial charge in [0.05, 0.1) is 11.7 Å². The fourth-order valence-corrected chi connectivity index (χ4v) is 5.35. The third kappa shape index (κ3) is 6.84. The van der Waals surface area contributed by atoms with Crippen LogP contribution in [0.15, 0.2) is 35.2 Å². The van der Waals surface area contributed by atoms with Crippen molar-refractivity contribution in [1.29, 1.82) is 0 Å². The topological polar surface area (TPSA) is 141 Å². The molecule has 3 aromatic rings. The highest BCUT2D eigenvalue weighted by atomic mass is 19.3. The Labute approximate surface area is 232 Å². The number of oxazole rings is 1. The molecule has 0 aromatic carbocycles. The predicted molar refractivity (Wildman–Crippen MR) is 147 cm³/mol. The van der Waals surface area contributed by atoms with E-state index in [2.05, 4.69) is 20.4 Å². The molecule has 1 amide bonds. The third-order valence-corrected chi connectivity index (χ3v) is 7.83. The number of amides is 1. The highest BCUT2D eigenvalue weighted by Crippen LogP contribution is 2.40. The average Bonchev–Trinajstić information content (AvgIpc) is 3.44. The van der Waals surface area contributed by atoms with E-state index in [4.69, 9.17) is 15.9 Å². The van der Waals surface area contributed by atoms with Gasteiger partial charge in [0.2, 0.25) is 5.89 Å². The highest BCUT2D eigenvalue weighted by molar-refractivity contribution is 5.90. The molecule has 12 heteroatoms. The molecule has 0 bridgehead atoms. The number of unbranched alkanes of at least 4 members (excludes halogenated alkanes) is 1. The van der Waals surface area contributed by atoms with Crippen molar-refractivity contribution < 1.29 is 18.0 Å². The van der Waals surface area contributed by atoms with Crippen molar-refractivity contribution in [3.05, 3.63) is 42.2 Å². The van der Waals surface area contributed by atoms with Crippen LogP contribution >= 0.6 is 0 Å². The minimum Gasteiger partial charge on any atom is -0.444 e. The van der Waals surface area contributed by atoms with E-state index >= 15 is 0 Å². The number of anilines is 2. The van der Waals surface area contributed by atoms with Crippen molar-refractivity contribution in [3.63, 3.8) is 0 Å². The molecule has 3 aromatic heterocycles. The zero-order chi connectivity index (χ0) is 28.1. The summed E-state index contributed by atoms with van der Waals surface area (Å²) in [5, 5.41) is 7.95. The van der Waals surface area contributed by atoms with E-state index in [9.17, 15) is 13.6 Å². The molecule has 0 saturated heterocycles. The van der Waals surface area contributed by atoms with Crippen LogP contribution in [0.4, 0.5) is 20.3 Å². The fraction of sp³-hybridized carbons (Fsp3) is 0.571. The normalized spacial score (nSPS) is 19.3. The monoisotopic (exact) mass is 556 g/mol. The molecular weight excluding hydrogens is 518 g/mol. The number of hydrogen-bond donors (Lipinski definition) is 3. The molecule has 216 valence electrons. The Morgan fingerprint density at radius 2 is 1.95 bits per heavy atom. The number of halogens is 2. The summed E-state index contributed by atoms with van der Waals surface area (Å²) in [6.07, 6.45) is 9.90. The average molecular weight is 557 g/mol. The van der Waals surface area contributed by atoms with Crippen LogP contribution in [0.2, 0.25) is 0 Å². The van der Waals surface area contributed by atoms with Crippen LogP contribution in [0.25, 0.3) is 11.5 Å². The highest BCUT2D eigenvalue weighted by Gasteiger charge is 2.32. The summed E-state index contributed by atoms with van der Waals surface area (Å²) < 4.78 is 35.9. The second kappa shape index (κ2) is 12.9. The molecule has 0 radical (unpaired) electrons. The molecule has 10 nitrogen and oxygen atoms in total. The number of primary amides is 1. The van der Waals surface area contributed by atoms with Gasteiger partial charge in [-0.25, -0.2) is 18.7 Å². The van der Waals surface area contributed by atoms with Gasteiger partial charge in [0.25, 0.3) is 12.3 Å². The number of alkyl halides is 2. The zero-order valence-corrected chi connectivity index (χ0v) is 22.6. The van der Waals surface area contributed by atoms with Crippen LogP contribution in [0.5, 0.6) is 0 Å². The van der Waals surface area contributed by atoms with Crippen molar-refractivity contribution in [2.75, 3.05) is 31.1 Å². The lowest BCUT2D eigenvalue weighted by atomic mass is 9.86. The standard InChI is InChI=1S/C28H38F2N8O2/c29-26(30)25-23(16-38(36-25)21-7-5-18(6-8-21)14-33-11-2-1-10-31)37(15-19-3-4-19)24-13-20(9-12-34-24)28-35-22(17-40-28)27(32)39/h9,12-13,16-19,21,26,33H,1-8,10-11,14-15,31H2,(H2,32,39). The number of aromatic nitrogens is 4. The van der Waals surface area contributed by atoms with Crippen molar-refractivity contribution in [2.45, 2.75) is 63.8 Å². The summed E-state index contributed by atoms with van der Waals surface area (Å²) in [5.41, 5.74) is 11.6. The van der Waals surface area contributed by atoms with Crippen molar-refractivity contribution in [1.82, 2.24) is 25.1 Å². The van der Waals surface area contributed by atoms with Gasteiger partial charge in [0, 0.05) is 24.5 Å². The van der Waals surface area contributed by atoms with Gasteiger partial charge in [0.1, 0.15) is 12.1 Å². The minimum absolute atomic E-state index is 0.0153. The maximum atomic E-state index is 14.3. The Kier molecular flexibility index (Phi) is 9.05. The van der Waals surface area contributed by atoms with Crippen LogP contribution in [-0.2, 0) is 0 Å². The number of nitrogens with one attached hydrogen (secondary N) is 1. The molecule has 2 aliphatic rings. The molecular formula is C28H38F2N8O2. The van der Waals surface area contributed by atoms with E-state index in [-0.39, 0.29) is 23.3 Å². The fourth-order valence-electron chi connectivity index (χ4n) is 5.35. The summed E-state index contributed by atoms with van der Waals surface area (Å²) in [6, 6.07) is 3.51. The summed E-state index contributed by atoms with van der Waals surface area (Å²) in [5.74, 6) is 0.993. The van der Waals surface area contributed by atoms with Crippen molar-refractivity contribution >= 4 is 17.4 Å². The van der Waals surface area contributed by atoms with E-state index in [1.807, 2.05) is 4.90 Å². The molecule has 3 heterocycles. The minimum atomic E-state index is -2.72. The number of pyridine rings is 1. The van der Waals surface area contributed by atoms with Gasteiger partial charge in [-0.15, -0.1) is 0 Å². The second-order valence-corrected chi connectivity index (χ2v) is 10.9. The van der Waals surface area contributed by atoms with Crippen LogP contribution in [0.1, 0.15) is 80.0 Å². The Hall–Kier alpha value is -3.38. The van der Waals surface area contributed by atoms with Crippen LogP contribution in [-0.4, -0.2) is 51.8 Å². The molecule has 0 spiro atoms. The first-order valence-corrected chi connectivity index (χ1v) is 14.2. The van der Waals surface area contributed by atoms with E-state index in [1.165, 1.54) is 6.26 Å². The maximum Gasteiger partial charge on any atom is 0.284 e. The van der Waals surface area contributed by atoms with Crippen LogP contribution in [0, 0.1) is 11.8 Å². The maximum absolute atomic E-state index is 14.3. The van der Waals surface area contributed by atoms with Gasteiger partial charge in [-0.3, -0.25) is 9.48 Å². The molecule has 0 aliphatic heterocycles. The molecule has 2 aliphatic carbocycles. The van der Waals surface area contributed by atoms with Crippen molar-refractivity contribution in [3.8, 4) is 11.5 Å². The molecule has 0 unspecified atom stereocenters. The van der Waals surface area contributed by atoms with E-state index in [1.54, 1.807) is 29.2 Å². The quantitative estimate of drug-likeness (QED) is 0.245. The lowest BCUT2D eigenvalue weighted by Gasteiger charge is -2.29. The first-order chi connectivity index (χ1) is 19.4. The van der Waals surface area contributed by atoms with Gasteiger partial charge in [-0.2, -0.15) is 5.10 Å². The van der Waals surface area contributed by atoms with Gasteiger partial charge < -0.3 is 26.1 Å². The van der Waals surface area contributed by atoms with Crippen LogP contribution < -0.4 is 21.7 Å². The number of carbonyl (C=O) groups excluding carboxylic acids is 1. The summed E-state index contributed by atoms with van der Waals surface area (Å²) in [6.45, 7) is 3.23. The zero-order valence-electron chi connectivity index (χ0n) is 22.6. The smallest absolute Gasteiger partial charge is 0.284 e. The third-order valence-electron chi connectivity index (χ3n) is 7.83. The van der Waals surface area contributed by atoms with E-state index in [0.29, 0.717) is 35.4 Å². The lowest BCUT2D eigenvalue weighted by molar-refractivity contribution is 0.0995. The van der Waals surface area contributed by atoms with E-state index in [0.717, 1.165) is 71.0 Å². The Balaban J connectivity index is 1.34. The largest absolute Gasteiger partial charge is 0.444 e. The van der Waals surface area contributed by atoms with Gasteiger partial charge in [-0.1, -0.05) is 0 Å². The first-order valence-electron chi connectivity index (χ1n) is 14.2. The van der Waals surface area contributed by atoms with E-state index < -0.39 is 12.3 Å². The predicted octanol–water partition coefficient (Wildman–Crippen LogP) is 4.58. The molecule has 5 N–H and O–H groups in total. The van der Waals surface area contributed by atoms with Crippen LogP contribution in [0.3, 0.4) is 0 Å². The second-order valence-electron chi connectivity index (χ2n) is 10.9. The number of carbonyl (C=O) groups is 1. The van der Waals surface area contributed by atoms with Crippen molar-refractivity contribution in [2.24, 2.45) is 23.3 Å². The molecule has 2 saturated carbocycles. The molecule has 0 atom stereocenters. The number of hydrogen-bond acceptors (Lipinski definition) is 8. The summed E-state index contributed by atoms with van der Waals surface area (Å²) in [7, 11) is 0. The van der Waals surface area contributed by atoms with Gasteiger partial charge >= 0.3 is 0 Å². The SMILES string of the molecule is NCCCCNCC1CCC(n2cc(N(CC3CC3)c3cc(-c4nc(C(N)=O)co4)ccn3)c(C(F)F)n2)CC1. The molecule has 40 heavy (non-hydrogen) atoms. The Bertz CT molecular complexity index is 1270. The lowest BCUT2D eigenvalue weighted by Crippen LogP contribution is -2.28. The summed E-state index contributed by atoms with van der Waals surface area (Å²) >= 11 is 0. The number of nitrogens with two attached hydrogens (primary N) is 2. The Morgan fingerprint density at radius 3 is 2.62 bits per heavy atom. The molecule has 5 rings (SSSR count). The van der Waals surface area contributed by atoms with Gasteiger partial charge in [-0.05, 0) is 95.0 Å². The Morgan fingerprint density at radius 1 is 1.18 bits per heavy atom. The first kappa shape index (κ1) is 28.2.